The monoisotopic (exact) mass is 911 g/mol. The highest BCUT2D eigenvalue weighted by Crippen LogP contribution is 2.60. The molecule has 0 atom stereocenters. The first-order valence-corrected chi connectivity index (χ1v) is 24.9. The first kappa shape index (κ1) is 42.6. The van der Waals surface area contributed by atoms with Crippen molar-refractivity contribution in [1.82, 2.24) is 0 Å². The molecule has 1 aromatic heterocycles. The third kappa shape index (κ3) is 6.77. The molecule has 71 heavy (non-hydrogen) atoms. The summed E-state index contributed by atoms with van der Waals surface area (Å²) in [5.74, 6) is 0. The van der Waals surface area contributed by atoms with Crippen LogP contribution >= 0.6 is 0 Å². The summed E-state index contributed by atoms with van der Waals surface area (Å²) in [7, 11) is 0. The van der Waals surface area contributed by atoms with Crippen LogP contribution in [0, 0.1) is 41.5 Å². The SMILES string of the molecule is Cc1cc(C)c(C2(c3c(C)cc(C)cc3C)c3ccccc3-c3ccc(N(c4ccc(-c5ccc6cc(-c7ccc8ccccc8c7)ccc6c5)cc4)c4ccc5oc6ccccc6c5c4)cc32)c(C)c1. The van der Waals surface area contributed by atoms with Crippen molar-refractivity contribution in [2.75, 3.05) is 4.90 Å². The molecule has 0 spiro atoms. The number of furan rings is 1. The summed E-state index contributed by atoms with van der Waals surface area (Å²) in [6.45, 7) is 13.7. The smallest absolute Gasteiger partial charge is 0.135 e. The second-order valence-corrected chi connectivity index (χ2v) is 20.1. The molecule has 11 aromatic carbocycles. The Kier molecular flexibility index (Phi) is 9.80. The Morgan fingerprint density at radius 3 is 1.45 bits per heavy atom. The van der Waals surface area contributed by atoms with Crippen LogP contribution in [0.15, 0.2) is 217 Å². The van der Waals surface area contributed by atoms with Gasteiger partial charge in [-0.15, -0.1) is 0 Å². The molecule has 13 rings (SSSR count). The number of fused-ring (bicyclic) bond motifs is 8. The Morgan fingerprint density at radius 1 is 0.324 bits per heavy atom. The molecule has 0 aliphatic heterocycles. The fraction of sp³-hybridized carbons (Fsp3) is 0.101. The van der Waals surface area contributed by atoms with Gasteiger partial charge in [0.1, 0.15) is 11.2 Å². The second-order valence-electron chi connectivity index (χ2n) is 20.1. The standard InChI is InChI=1S/C69H53NO/c1-42-33-44(3)67(45(4)34-42)69(68-46(5)35-43(2)36-47(68)6)63-17-11-9-15-59(63)60-31-29-58(41-64(60)69)70(57-30-32-66-62(40-57)61-16-10-12-18-65(61)71-66)56-27-25-49(26-28-56)51-21-22-54-39-55(24-23-53(54)38-51)52-20-19-48-13-7-8-14-50(48)37-52/h7-41H,1-6H3. The van der Waals surface area contributed by atoms with Crippen molar-refractivity contribution in [2.45, 2.75) is 47.0 Å². The van der Waals surface area contributed by atoms with E-state index in [1.54, 1.807) is 0 Å². The topological polar surface area (TPSA) is 16.4 Å². The Morgan fingerprint density at radius 2 is 0.789 bits per heavy atom. The summed E-state index contributed by atoms with van der Waals surface area (Å²) in [4.78, 5) is 2.44. The van der Waals surface area contributed by atoms with Crippen LogP contribution in [0.4, 0.5) is 17.1 Å². The van der Waals surface area contributed by atoms with E-state index in [1.165, 1.54) is 111 Å². The number of nitrogens with zero attached hydrogens (tertiary/aromatic N) is 1. The molecule has 0 saturated heterocycles. The molecule has 0 unspecified atom stereocenters. The zero-order valence-electron chi connectivity index (χ0n) is 41.1. The largest absolute Gasteiger partial charge is 0.456 e. The van der Waals surface area contributed by atoms with Gasteiger partial charge in [-0.25, -0.2) is 0 Å². The molecule has 1 heterocycles. The lowest BCUT2D eigenvalue weighted by Crippen LogP contribution is -2.33. The first-order valence-electron chi connectivity index (χ1n) is 24.9. The van der Waals surface area contributed by atoms with Gasteiger partial charge in [0.25, 0.3) is 0 Å². The Labute approximate surface area is 416 Å². The summed E-state index contributed by atoms with van der Waals surface area (Å²) in [6, 6.07) is 79.1. The summed E-state index contributed by atoms with van der Waals surface area (Å²) in [5.41, 5.74) is 25.0. The number of para-hydroxylation sites is 1. The van der Waals surface area contributed by atoms with Gasteiger partial charge in [-0.2, -0.15) is 0 Å². The van der Waals surface area contributed by atoms with Crippen molar-refractivity contribution in [1.29, 1.82) is 0 Å². The van der Waals surface area contributed by atoms with Gasteiger partial charge in [-0.3, -0.25) is 0 Å². The van der Waals surface area contributed by atoms with Crippen LogP contribution in [-0.2, 0) is 5.41 Å². The Balaban J connectivity index is 0.981. The molecule has 1 aliphatic rings. The van der Waals surface area contributed by atoms with E-state index in [9.17, 15) is 0 Å². The van der Waals surface area contributed by atoms with Gasteiger partial charge in [-0.1, -0.05) is 157 Å². The molecule has 0 amide bonds. The molecular weight excluding hydrogens is 859 g/mol. The van der Waals surface area contributed by atoms with Crippen molar-refractivity contribution < 1.29 is 4.42 Å². The maximum atomic E-state index is 6.40. The maximum Gasteiger partial charge on any atom is 0.135 e. The third-order valence-electron chi connectivity index (χ3n) is 15.4. The molecule has 0 fully saturated rings. The van der Waals surface area contributed by atoms with E-state index in [0.717, 1.165) is 39.0 Å². The lowest BCUT2D eigenvalue weighted by Gasteiger charge is -2.39. The number of hydrogen-bond donors (Lipinski definition) is 0. The molecule has 0 bridgehead atoms. The highest BCUT2D eigenvalue weighted by atomic mass is 16.3. The highest BCUT2D eigenvalue weighted by Gasteiger charge is 2.49. The van der Waals surface area contributed by atoms with Gasteiger partial charge in [-0.05, 0) is 208 Å². The summed E-state index contributed by atoms with van der Waals surface area (Å²) in [5, 5.41) is 7.17. The lowest BCUT2D eigenvalue weighted by atomic mass is 9.63. The van der Waals surface area contributed by atoms with Gasteiger partial charge in [0, 0.05) is 27.8 Å². The maximum absolute atomic E-state index is 6.40. The normalized spacial score (nSPS) is 12.8. The number of anilines is 3. The molecule has 0 radical (unpaired) electrons. The van der Waals surface area contributed by atoms with Crippen LogP contribution in [0.2, 0.25) is 0 Å². The van der Waals surface area contributed by atoms with Crippen molar-refractivity contribution in [3.63, 3.8) is 0 Å². The molecule has 0 saturated carbocycles. The van der Waals surface area contributed by atoms with Crippen molar-refractivity contribution >= 4 is 60.5 Å². The van der Waals surface area contributed by atoms with Crippen molar-refractivity contribution in [2.24, 2.45) is 0 Å². The van der Waals surface area contributed by atoms with E-state index in [4.69, 9.17) is 4.42 Å². The van der Waals surface area contributed by atoms with Crippen LogP contribution < -0.4 is 4.90 Å². The minimum absolute atomic E-state index is 0.571. The predicted octanol–water partition coefficient (Wildman–Crippen LogP) is 18.9. The highest BCUT2D eigenvalue weighted by molar-refractivity contribution is 6.07. The number of benzene rings is 11. The molecule has 12 aromatic rings. The zero-order chi connectivity index (χ0) is 48.1. The summed E-state index contributed by atoms with van der Waals surface area (Å²) < 4.78 is 6.40. The molecular formula is C69H53NO. The van der Waals surface area contributed by atoms with Crippen LogP contribution in [-0.4, -0.2) is 0 Å². The first-order chi connectivity index (χ1) is 34.6. The van der Waals surface area contributed by atoms with Gasteiger partial charge in [0.2, 0.25) is 0 Å². The lowest BCUT2D eigenvalue weighted by molar-refractivity contribution is 0.669. The minimum Gasteiger partial charge on any atom is -0.456 e. The Hall–Kier alpha value is -8.46. The average Bonchev–Trinajstić information content (AvgIpc) is 3.89. The quantitative estimate of drug-likeness (QED) is 0.158. The average molecular weight is 912 g/mol. The van der Waals surface area contributed by atoms with Crippen LogP contribution in [0.25, 0.3) is 76.9 Å². The van der Waals surface area contributed by atoms with Crippen LogP contribution in [0.3, 0.4) is 0 Å². The molecule has 1 aliphatic carbocycles. The fourth-order valence-electron chi connectivity index (χ4n) is 12.7. The van der Waals surface area contributed by atoms with E-state index in [2.05, 4.69) is 253 Å². The predicted molar refractivity (Wildman–Crippen MR) is 300 cm³/mol. The number of aryl methyl sites for hydroxylation is 6. The van der Waals surface area contributed by atoms with Gasteiger partial charge in [0.15, 0.2) is 0 Å². The van der Waals surface area contributed by atoms with Gasteiger partial charge in [0.05, 0.1) is 5.41 Å². The van der Waals surface area contributed by atoms with E-state index in [1.807, 2.05) is 6.07 Å². The van der Waals surface area contributed by atoms with E-state index >= 15 is 0 Å². The van der Waals surface area contributed by atoms with E-state index in [-0.39, 0.29) is 0 Å². The van der Waals surface area contributed by atoms with Crippen molar-refractivity contribution in [3.8, 4) is 33.4 Å². The summed E-state index contributed by atoms with van der Waals surface area (Å²) >= 11 is 0. The molecule has 2 heteroatoms. The molecule has 340 valence electrons. The van der Waals surface area contributed by atoms with Gasteiger partial charge < -0.3 is 9.32 Å². The second kappa shape index (κ2) is 16.3. The third-order valence-corrected chi connectivity index (χ3v) is 15.4. The van der Waals surface area contributed by atoms with E-state index < -0.39 is 5.41 Å². The fourth-order valence-corrected chi connectivity index (χ4v) is 12.7. The van der Waals surface area contributed by atoms with E-state index in [0.29, 0.717) is 0 Å². The van der Waals surface area contributed by atoms with Crippen LogP contribution in [0.1, 0.15) is 55.6 Å². The van der Waals surface area contributed by atoms with Crippen molar-refractivity contribution in [3.05, 3.63) is 268 Å². The van der Waals surface area contributed by atoms with Crippen LogP contribution in [0.5, 0.6) is 0 Å². The minimum atomic E-state index is -0.571. The van der Waals surface area contributed by atoms with Gasteiger partial charge >= 0.3 is 0 Å². The molecule has 2 nitrogen and oxygen atoms in total. The Bertz CT molecular complexity index is 4030. The number of hydrogen-bond acceptors (Lipinski definition) is 2. The summed E-state index contributed by atoms with van der Waals surface area (Å²) in [6.07, 6.45) is 0. The molecule has 0 N–H and O–H groups in total. The zero-order valence-corrected chi connectivity index (χ0v) is 41.1. The number of rotatable bonds is 7.